The van der Waals surface area contributed by atoms with E-state index < -0.39 is 5.97 Å². The van der Waals surface area contributed by atoms with E-state index in [1.807, 2.05) is 0 Å². The molecule has 2 aliphatic rings. The molecular weight excluding hydrogens is 218 g/mol. The number of aliphatic carboxylic acids is 1. The Morgan fingerprint density at radius 1 is 1.53 bits per heavy atom. The minimum Gasteiger partial charge on any atom is -0.481 e. The van der Waals surface area contributed by atoms with E-state index in [1.54, 1.807) is 0 Å². The second-order valence-corrected chi connectivity index (χ2v) is 5.45. The second-order valence-electron chi connectivity index (χ2n) is 5.45. The number of carboxylic acid groups (broad SMARTS) is 1. The van der Waals surface area contributed by atoms with Crippen LogP contribution in [0.25, 0.3) is 0 Å². The zero-order valence-corrected chi connectivity index (χ0v) is 10.6. The van der Waals surface area contributed by atoms with Crippen LogP contribution in [0.15, 0.2) is 0 Å². The molecule has 4 heteroatoms. The van der Waals surface area contributed by atoms with Crippen molar-refractivity contribution >= 4 is 5.97 Å². The van der Waals surface area contributed by atoms with Crippen LogP contribution >= 0.6 is 0 Å². The van der Waals surface area contributed by atoms with Gasteiger partial charge in [-0.15, -0.1) is 0 Å². The van der Waals surface area contributed by atoms with Crippen molar-refractivity contribution in [2.24, 2.45) is 11.8 Å². The van der Waals surface area contributed by atoms with Gasteiger partial charge in [0.1, 0.15) is 0 Å². The van der Waals surface area contributed by atoms with E-state index in [2.05, 4.69) is 11.8 Å². The summed E-state index contributed by atoms with van der Waals surface area (Å²) in [6, 6.07) is 0.590. The lowest BCUT2D eigenvalue weighted by Gasteiger charge is -2.28. The number of carbonyl (C=O) groups is 1. The normalized spacial score (nSPS) is 31.8. The van der Waals surface area contributed by atoms with E-state index in [-0.39, 0.29) is 0 Å². The summed E-state index contributed by atoms with van der Waals surface area (Å²) in [6.45, 7) is 6.30. The van der Waals surface area contributed by atoms with Gasteiger partial charge in [-0.05, 0) is 44.6 Å². The first-order valence-electron chi connectivity index (χ1n) is 6.70. The third-order valence-electron chi connectivity index (χ3n) is 4.31. The molecule has 2 saturated heterocycles. The Morgan fingerprint density at radius 3 is 3.00 bits per heavy atom. The van der Waals surface area contributed by atoms with Gasteiger partial charge < -0.3 is 14.7 Å². The number of hydrogen-bond acceptors (Lipinski definition) is 3. The van der Waals surface area contributed by atoms with E-state index in [0.29, 0.717) is 24.3 Å². The van der Waals surface area contributed by atoms with Crippen molar-refractivity contribution < 1.29 is 14.6 Å². The smallest absolute Gasteiger partial charge is 0.303 e. The summed E-state index contributed by atoms with van der Waals surface area (Å²) in [5.74, 6) is 0.588. The first kappa shape index (κ1) is 12.8. The molecule has 0 radical (unpaired) electrons. The Balaban J connectivity index is 1.74. The molecular formula is C13H23NO3. The molecule has 0 aliphatic carbocycles. The number of nitrogens with zero attached hydrogens (tertiary/aromatic N) is 1. The Hall–Kier alpha value is -0.610. The van der Waals surface area contributed by atoms with Gasteiger partial charge in [0.2, 0.25) is 0 Å². The topological polar surface area (TPSA) is 49.8 Å². The van der Waals surface area contributed by atoms with Crippen molar-refractivity contribution in [1.29, 1.82) is 0 Å². The van der Waals surface area contributed by atoms with Crippen LogP contribution in [0.5, 0.6) is 0 Å². The Kier molecular flexibility index (Phi) is 4.40. The van der Waals surface area contributed by atoms with Gasteiger partial charge in [-0.1, -0.05) is 0 Å². The summed E-state index contributed by atoms with van der Waals surface area (Å²) in [4.78, 5) is 13.1. The maximum atomic E-state index is 10.6. The second kappa shape index (κ2) is 5.83. The highest BCUT2D eigenvalue weighted by Gasteiger charge is 2.31. The minimum absolute atomic E-state index is 0.319. The molecule has 0 amide bonds. The lowest BCUT2D eigenvalue weighted by molar-refractivity contribution is -0.137. The Bertz CT molecular complexity index is 263. The summed E-state index contributed by atoms with van der Waals surface area (Å²) in [6.07, 6.45) is 3.49. The zero-order valence-electron chi connectivity index (χ0n) is 10.6. The average Bonchev–Trinajstić information content (AvgIpc) is 2.97. The van der Waals surface area contributed by atoms with Crippen LogP contribution in [0.3, 0.4) is 0 Å². The number of carboxylic acids is 1. The lowest BCUT2D eigenvalue weighted by atomic mass is 9.99. The molecule has 2 heterocycles. The van der Waals surface area contributed by atoms with E-state index in [9.17, 15) is 4.79 Å². The van der Waals surface area contributed by atoms with Gasteiger partial charge in [0.05, 0.1) is 6.61 Å². The van der Waals surface area contributed by atoms with Crippen LogP contribution in [0.4, 0.5) is 0 Å². The molecule has 98 valence electrons. The molecule has 3 atom stereocenters. The van der Waals surface area contributed by atoms with Crippen LogP contribution in [0.2, 0.25) is 0 Å². The Morgan fingerprint density at radius 2 is 2.35 bits per heavy atom. The summed E-state index contributed by atoms with van der Waals surface area (Å²) >= 11 is 0. The first-order chi connectivity index (χ1) is 8.16. The quantitative estimate of drug-likeness (QED) is 0.794. The molecule has 2 rings (SSSR count). The summed E-state index contributed by atoms with van der Waals surface area (Å²) in [5.41, 5.74) is 0. The lowest BCUT2D eigenvalue weighted by Crippen LogP contribution is -2.37. The number of hydrogen-bond donors (Lipinski definition) is 1. The third-order valence-corrected chi connectivity index (χ3v) is 4.31. The fourth-order valence-electron chi connectivity index (χ4n) is 3.03. The largest absolute Gasteiger partial charge is 0.481 e. The van der Waals surface area contributed by atoms with Gasteiger partial charge in [0, 0.05) is 25.6 Å². The average molecular weight is 241 g/mol. The van der Waals surface area contributed by atoms with Gasteiger partial charge >= 0.3 is 5.97 Å². The molecule has 0 saturated carbocycles. The molecule has 3 unspecified atom stereocenters. The fourth-order valence-corrected chi connectivity index (χ4v) is 3.03. The van der Waals surface area contributed by atoms with Crippen LogP contribution in [-0.2, 0) is 9.53 Å². The molecule has 4 nitrogen and oxygen atoms in total. The van der Waals surface area contributed by atoms with Crippen molar-refractivity contribution in [3.8, 4) is 0 Å². The SMILES string of the molecule is CC(C1CCOC1)N1CCC(CCC(=O)O)C1. The molecule has 2 aliphatic heterocycles. The molecule has 17 heavy (non-hydrogen) atoms. The van der Waals surface area contributed by atoms with Crippen LogP contribution in [-0.4, -0.2) is 48.3 Å². The monoisotopic (exact) mass is 241 g/mol. The van der Waals surface area contributed by atoms with E-state index >= 15 is 0 Å². The standard InChI is InChI=1S/C13H23NO3/c1-10(12-5-7-17-9-12)14-6-4-11(8-14)2-3-13(15)16/h10-12H,2-9H2,1H3,(H,15,16). The van der Waals surface area contributed by atoms with E-state index in [0.717, 1.165) is 39.1 Å². The maximum Gasteiger partial charge on any atom is 0.303 e. The molecule has 0 bridgehead atoms. The zero-order chi connectivity index (χ0) is 12.3. The summed E-state index contributed by atoms with van der Waals surface area (Å²) in [5, 5.41) is 8.69. The molecule has 0 aromatic rings. The predicted octanol–water partition coefficient (Wildman–Crippen LogP) is 1.60. The molecule has 0 aromatic heterocycles. The number of rotatable bonds is 5. The van der Waals surface area contributed by atoms with Gasteiger partial charge in [-0.2, -0.15) is 0 Å². The van der Waals surface area contributed by atoms with Crippen molar-refractivity contribution in [2.45, 2.75) is 38.6 Å². The van der Waals surface area contributed by atoms with Gasteiger partial charge in [-0.25, -0.2) is 0 Å². The van der Waals surface area contributed by atoms with Crippen LogP contribution < -0.4 is 0 Å². The van der Waals surface area contributed by atoms with Crippen molar-refractivity contribution in [3.63, 3.8) is 0 Å². The van der Waals surface area contributed by atoms with Crippen LogP contribution in [0, 0.1) is 11.8 Å². The highest BCUT2D eigenvalue weighted by molar-refractivity contribution is 5.66. The van der Waals surface area contributed by atoms with Crippen molar-refractivity contribution in [1.82, 2.24) is 4.90 Å². The summed E-state index contributed by atoms with van der Waals surface area (Å²) in [7, 11) is 0. The maximum absolute atomic E-state index is 10.6. The third kappa shape index (κ3) is 3.42. The first-order valence-corrected chi connectivity index (χ1v) is 6.70. The van der Waals surface area contributed by atoms with Gasteiger partial charge in [0.15, 0.2) is 0 Å². The Labute approximate surface area is 103 Å². The predicted molar refractivity (Wildman–Crippen MR) is 64.9 cm³/mol. The minimum atomic E-state index is -0.666. The molecule has 2 fully saturated rings. The molecule has 0 aromatic carbocycles. The highest BCUT2D eigenvalue weighted by atomic mass is 16.5. The molecule has 0 spiro atoms. The van der Waals surface area contributed by atoms with E-state index in [4.69, 9.17) is 9.84 Å². The number of ether oxygens (including phenoxy) is 1. The van der Waals surface area contributed by atoms with Crippen molar-refractivity contribution in [3.05, 3.63) is 0 Å². The van der Waals surface area contributed by atoms with Gasteiger partial charge in [-0.3, -0.25) is 4.79 Å². The van der Waals surface area contributed by atoms with Crippen molar-refractivity contribution in [2.75, 3.05) is 26.3 Å². The number of likely N-dealkylation sites (tertiary alicyclic amines) is 1. The molecule has 1 N–H and O–H groups in total. The summed E-state index contributed by atoms with van der Waals surface area (Å²) < 4.78 is 5.44. The van der Waals surface area contributed by atoms with Gasteiger partial charge in [0.25, 0.3) is 0 Å². The van der Waals surface area contributed by atoms with Crippen LogP contribution in [0.1, 0.15) is 32.6 Å². The highest BCUT2D eigenvalue weighted by Crippen LogP contribution is 2.28. The van der Waals surface area contributed by atoms with E-state index in [1.165, 1.54) is 6.42 Å². The fraction of sp³-hybridized carbons (Fsp3) is 0.923.